The van der Waals surface area contributed by atoms with Crippen LogP contribution in [0.3, 0.4) is 0 Å². The maximum Gasteiger partial charge on any atom is 0.0622 e. The smallest absolute Gasteiger partial charge is 0.0622 e. The van der Waals surface area contributed by atoms with Gasteiger partial charge in [-0.25, -0.2) is 0 Å². The summed E-state index contributed by atoms with van der Waals surface area (Å²) in [7, 11) is 0. The number of nitrogens with one attached hydrogen (secondary N) is 1. The fourth-order valence-corrected chi connectivity index (χ4v) is 1.16. The molecule has 1 heterocycles. The number of hydrogen-bond acceptors (Lipinski definition) is 2. The van der Waals surface area contributed by atoms with Crippen LogP contribution in [0, 0.1) is 0 Å². The highest BCUT2D eigenvalue weighted by atomic mass is 16.5. The topological polar surface area (TPSA) is 21.3 Å². The second kappa shape index (κ2) is 3.74. The van der Waals surface area contributed by atoms with E-state index in [0.717, 1.165) is 26.2 Å². The molecule has 0 saturated carbocycles. The van der Waals surface area contributed by atoms with Gasteiger partial charge in [-0.15, -0.1) is 0 Å². The van der Waals surface area contributed by atoms with Crippen LogP contribution in [0.2, 0.25) is 0 Å². The maximum atomic E-state index is 5.26. The van der Waals surface area contributed by atoms with Gasteiger partial charge in [-0.1, -0.05) is 12.2 Å². The van der Waals surface area contributed by atoms with Gasteiger partial charge in [0.2, 0.25) is 0 Å². The molecule has 2 heteroatoms. The van der Waals surface area contributed by atoms with E-state index in [0.29, 0.717) is 6.04 Å². The molecule has 1 saturated heterocycles. The van der Waals surface area contributed by atoms with Crippen molar-refractivity contribution in [2.24, 2.45) is 0 Å². The van der Waals surface area contributed by atoms with E-state index in [2.05, 4.69) is 11.9 Å². The van der Waals surface area contributed by atoms with Gasteiger partial charge < -0.3 is 10.1 Å². The lowest BCUT2D eigenvalue weighted by molar-refractivity contribution is 0.129. The molecule has 0 bridgehead atoms. The average molecular weight is 141 g/mol. The minimum absolute atomic E-state index is 0.521. The van der Waals surface area contributed by atoms with Gasteiger partial charge in [0.05, 0.1) is 6.61 Å². The molecular formula is C8H15NO. The molecule has 1 unspecified atom stereocenters. The van der Waals surface area contributed by atoms with Crippen LogP contribution in [0.5, 0.6) is 0 Å². The van der Waals surface area contributed by atoms with Crippen LogP contribution in [0.1, 0.15) is 13.3 Å². The fraction of sp³-hybridized carbons (Fsp3) is 0.750. The molecule has 0 aromatic rings. The van der Waals surface area contributed by atoms with Crippen LogP contribution in [0.4, 0.5) is 0 Å². The Balaban J connectivity index is 2.12. The number of rotatable bonds is 3. The molecule has 10 heavy (non-hydrogen) atoms. The lowest BCUT2D eigenvalue weighted by Gasteiger charge is -2.07. The Labute approximate surface area is 62.3 Å². The van der Waals surface area contributed by atoms with Gasteiger partial charge in [0.25, 0.3) is 0 Å². The van der Waals surface area contributed by atoms with Crippen LogP contribution < -0.4 is 5.32 Å². The molecule has 0 radical (unpaired) electrons. The summed E-state index contributed by atoms with van der Waals surface area (Å²) in [5.74, 6) is 0. The SMILES string of the molecule is C=C1CNC(COCC)C1. The second-order valence-corrected chi connectivity index (χ2v) is 2.69. The molecular weight excluding hydrogens is 126 g/mol. The molecule has 58 valence electrons. The van der Waals surface area contributed by atoms with E-state index in [1.807, 2.05) is 6.92 Å². The fourth-order valence-electron chi connectivity index (χ4n) is 1.16. The lowest BCUT2D eigenvalue weighted by atomic mass is 10.2. The maximum absolute atomic E-state index is 5.26. The van der Waals surface area contributed by atoms with Gasteiger partial charge in [-0.05, 0) is 13.3 Å². The predicted octanol–water partition coefficient (Wildman–Crippen LogP) is 0.941. The van der Waals surface area contributed by atoms with Gasteiger partial charge in [-0.2, -0.15) is 0 Å². The first-order chi connectivity index (χ1) is 4.83. The van der Waals surface area contributed by atoms with Gasteiger partial charge in [0.15, 0.2) is 0 Å². The summed E-state index contributed by atoms with van der Waals surface area (Å²) in [6.45, 7) is 8.52. The normalized spacial score (nSPS) is 25.7. The zero-order valence-corrected chi connectivity index (χ0v) is 6.52. The van der Waals surface area contributed by atoms with E-state index in [-0.39, 0.29) is 0 Å². The van der Waals surface area contributed by atoms with Crippen LogP contribution in [-0.2, 0) is 4.74 Å². The van der Waals surface area contributed by atoms with Crippen molar-refractivity contribution in [2.75, 3.05) is 19.8 Å². The highest BCUT2D eigenvalue weighted by molar-refractivity contribution is 5.06. The molecule has 1 N–H and O–H groups in total. The molecule has 0 amide bonds. The molecule has 0 aromatic heterocycles. The van der Waals surface area contributed by atoms with Gasteiger partial charge in [0.1, 0.15) is 0 Å². The number of ether oxygens (including phenoxy) is 1. The third-order valence-corrected chi connectivity index (χ3v) is 1.70. The first-order valence-corrected chi connectivity index (χ1v) is 3.80. The summed E-state index contributed by atoms with van der Waals surface area (Å²) in [6, 6.07) is 0.521. The van der Waals surface area contributed by atoms with E-state index >= 15 is 0 Å². The summed E-state index contributed by atoms with van der Waals surface area (Å²) in [5.41, 5.74) is 1.30. The highest BCUT2D eigenvalue weighted by Crippen LogP contribution is 2.09. The molecule has 1 atom stereocenters. The van der Waals surface area contributed by atoms with Crippen molar-refractivity contribution in [3.05, 3.63) is 12.2 Å². The minimum Gasteiger partial charge on any atom is -0.380 e. The van der Waals surface area contributed by atoms with Crippen LogP contribution in [0.15, 0.2) is 12.2 Å². The van der Waals surface area contributed by atoms with E-state index in [4.69, 9.17) is 4.74 Å². The van der Waals surface area contributed by atoms with Crippen LogP contribution >= 0.6 is 0 Å². The summed E-state index contributed by atoms with van der Waals surface area (Å²) in [5, 5.41) is 3.32. The summed E-state index contributed by atoms with van der Waals surface area (Å²) >= 11 is 0. The molecule has 1 aliphatic rings. The molecule has 1 aliphatic heterocycles. The molecule has 0 spiro atoms. The molecule has 1 rings (SSSR count). The highest BCUT2D eigenvalue weighted by Gasteiger charge is 2.15. The Morgan fingerprint density at radius 1 is 1.80 bits per heavy atom. The van der Waals surface area contributed by atoms with E-state index < -0.39 is 0 Å². The monoisotopic (exact) mass is 141 g/mol. The Morgan fingerprint density at radius 3 is 3.10 bits per heavy atom. The minimum atomic E-state index is 0.521. The van der Waals surface area contributed by atoms with Crippen molar-refractivity contribution in [3.8, 4) is 0 Å². The van der Waals surface area contributed by atoms with Crippen molar-refractivity contribution >= 4 is 0 Å². The van der Waals surface area contributed by atoms with E-state index in [9.17, 15) is 0 Å². The standard InChI is InChI=1S/C8H15NO/c1-3-10-6-8-4-7(2)5-9-8/h8-9H,2-6H2,1H3. The zero-order chi connectivity index (χ0) is 7.40. The Kier molecular flexibility index (Phi) is 2.90. The summed E-state index contributed by atoms with van der Waals surface area (Å²) in [4.78, 5) is 0. The molecule has 1 fully saturated rings. The van der Waals surface area contributed by atoms with Gasteiger partial charge >= 0.3 is 0 Å². The van der Waals surface area contributed by atoms with Gasteiger partial charge in [-0.3, -0.25) is 0 Å². The van der Waals surface area contributed by atoms with Crippen molar-refractivity contribution in [1.29, 1.82) is 0 Å². The second-order valence-electron chi connectivity index (χ2n) is 2.69. The average Bonchev–Trinajstić information content (AvgIpc) is 2.31. The number of hydrogen-bond donors (Lipinski definition) is 1. The van der Waals surface area contributed by atoms with E-state index in [1.165, 1.54) is 5.57 Å². The van der Waals surface area contributed by atoms with Crippen molar-refractivity contribution < 1.29 is 4.74 Å². The van der Waals surface area contributed by atoms with Crippen LogP contribution in [0.25, 0.3) is 0 Å². The Bertz CT molecular complexity index is 122. The first kappa shape index (κ1) is 7.76. The zero-order valence-electron chi connectivity index (χ0n) is 6.52. The molecule has 0 aliphatic carbocycles. The third-order valence-electron chi connectivity index (χ3n) is 1.70. The summed E-state index contributed by atoms with van der Waals surface area (Å²) in [6.07, 6.45) is 1.08. The summed E-state index contributed by atoms with van der Waals surface area (Å²) < 4.78 is 5.26. The van der Waals surface area contributed by atoms with Crippen molar-refractivity contribution in [3.63, 3.8) is 0 Å². The van der Waals surface area contributed by atoms with Crippen LogP contribution in [-0.4, -0.2) is 25.8 Å². The Morgan fingerprint density at radius 2 is 2.60 bits per heavy atom. The van der Waals surface area contributed by atoms with E-state index in [1.54, 1.807) is 0 Å². The predicted molar refractivity (Wildman–Crippen MR) is 42.0 cm³/mol. The van der Waals surface area contributed by atoms with Crippen molar-refractivity contribution in [2.45, 2.75) is 19.4 Å². The third kappa shape index (κ3) is 2.12. The Hall–Kier alpha value is -0.340. The molecule has 0 aromatic carbocycles. The first-order valence-electron chi connectivity index (χ1n) is 3.80. The van der Waals surface area contributed by atoms with Gasteiger partial charge in [0, 0.05) is 19.2 Å². The largest absolute Gasteiger partial charge is 0.380 e. The lowest BCUT2D eigenvalue weighted by Crippen LogP contribution is -2.26. The quantitative estimate of drug-likeness (QED) is 0.591. The van der Waals surface area contributed by atoms with Crippen molar-refractivity contribution in [1.82, 2.24) is 5.32 Å². The molecule has 2 nitrogen and oxygen atoms in total.